The molecule has 1 atom stereocenters. The lowest BCUT2D eigenvalue weighted by molar-refractivity contribution is -0.133. The maximum absolute atomic E-state index is 13.1. The van der Waals surface area contributed by atoms with Crippen LogP contribution in [-0.4, -0.2) is 40.1 Å². The topological polar surface area (TPSA) is 64.4 Å². The molecular weight excluding hydrogens is 422 g/mol. The van der Waals surface area contributed by atoms with Gasteiger partial charge >= 0.3 is 0 Å². The van der Waals surface area contributed by atoms with Crippen LogP contribution in [0.4, 0.5) is 0 Å². The van der Waals surface area contributed by atoms with Crippen LogP contribution >= 0.6 is 11.3 Å². The number of rotatable bonds is 8. The van der Waals surface area contributed by atoms with Gasteiger partial charge in [0.25, 0.3) is 5.56 Å². The number of aryl methyl sites for hydroxylation is 3. The van der Waals surface area contributed by atoms with Gasteiger partial charge in [0.1, 0.15) is 10.6 Å². The third kappa shape index (κ3) is 4.58. The van der Waals surface area contributed by atoms with Crippen molar-refractivity contribution < 1.29 is 9.53 Å². The SMILES string of the molecule is CCN(C(=O)CCn1cnc2sc3c(c2c1=O)CCCC3)C(C)Cc1ccc(OC)cc1. The van der Waals surface area contributed by atoms with Gasteiger partial charge in [0, 0.05) is 30.4 Å². The molecule has 1 unspecified atom stereocenters. The summed E-state index contributed by atoms with van der Waals surface area (Å²) in [4.78, 5) is 34.7. The first-order chi connectivity index (χ1) is 15.5. The van der Waals surface area contributed by atoms with E-state index < -0.39 is 0 Å². The second-order valence-corrected chi connectivity index (χ2v) is 9.55. The van der Waals surface area contributed by atoms with Gasteiger partial charge in [-0.05, 0) is 69.2 Å². The van der Waals surface area contributed by atoms with Crippen molar-refractivity contribution in [3.05, 3.63) is 57.0 Å². The van der Waals surface area contributed by atoms with Gasteiger partial charge < -0.3 is 9.64 Å². The number of carbonyl (C=O) groups excluding carboxylic acids is 1. The van der Waals surface area contributed by atoms with Crippen LogP contribution in [-0.2, 0) is 30.6 Å². The molecule has 1 aromatic carbocycles. The van der Waals surface area contributed by atoms with Crippen LogP contribution in [0.3, 0.4) is 0 Å². The molecule has 0 spiro atoms. The lowest BCUT2D eigenvalue weighted by Gasteiger charge is -2.28. The number of thiophene rings is 1. The number of hydrogen-bond acceptors (Lipinski definition) is 5. The fourth-order valence-electron chi connectivity index (χ4n) is 4.65. The van der Waals surface area contributed by atoms with Crippen LogP contribution in [0.25, 0.3) is 10.2 Å². The number of methoxy groups -OCH3 is 1. The van der Waals surface area contributed by atoms with Gasteiger partial charge in [-0.25, -0.2) is 4.98 Å². The number of hydrogen-bond donors (Lipinski definition) is 0. The molecule has 2 aromatic heterocycles. The summed E-state index contributed by atoms with van der Waals surface area (Å²) in [6.45, 7) is 5.07. The molecule has 0 fully saturated rings. The van der Waals surface area contributed by atoms with Gasteiger partial charge in [0.2, 0.25) is 5.91 Å². The van der Waals surface area contributed by atoms with E-state index in [1.165, 1.54) is 16.9 Å². The van der Waals surface area contributed by atoms with Crippen LogP contribution in [0.2, 0.25) is 0 Å². The highest BCUT2D eigenvalue weighted by Gasteiger charge is 2.22. The third-order valence-electron chi connectivity index (χ3n) is 6.39. The van der Waals surface area contributed by atoms with E-state index in [4.69, 9.17) is 4.74 Å². The summed E-state index contributed by atoms with van der Waals surface area (Å²) >= 11 is 1.66. The zero-order valence-electron chi connectivity index (χ0n) is 19.1. The quantitative estimate of drug-likeness (QED) is 0.512. The number of carbonyl (C=O) groups is 1. The van der Waals surface area contributed by atoms with Crippen molar-refractivity contribution in [1.82, 2.24) is 14.5 Å². The molecule has 32 heavy (non-hydrogen) atoms. The Morgan fingerprint density at radius 1 is 1.25 bits per heavy atom. The number of nitrogens with zero attached hydrogens (tertiary/aromatic N) is 3. The summed E-state index contributed by atoms with van der Waals surface area (Å²) in [7, 11) is 1.65. The summed E-state index contributed by atoms with van der Waals surface area (Å²) in [6.07, 6.45) is 7.00. The van der Waals surface area contributed by atoms with Crippen LogP contribution in [0.15, 0.2) is 35.4 Å². The number of benzene rings is 1. The Balaban J connectivity index is 1.44. The minimum absolute atomic E-state index is 0.00321. The third-order valence-corrected chi connectivity index (χ3v) is 7.59. The Morgan fingerprint density at radius 2 is 2.00 bits per heavy atom. The number of fused-ring (bicyclic) bond motifs is 3. The molecule has 2 heterocycles. The largest absolute Gasteiger partial charge is 0.497 e. The van der Waals surface area contributed by atoms with Gasteiger partial charge in [-0.15, -0.1) is 11.3 Å². The predicted molar refractivity (Wildman–Crippen MR) is 129 cm³/mol. The fraction of sp³-hybridized carbons (Fsp3) is 0.480. The average molecular weight is 454 g/mol. The molecule has 1 aliphatic carbocycles. The molecular formula is C25H31N3O3S. The van der Waals surface area contributed by atoms with Crippen molar-refractivity contribution in [2.75, 3.05) is 13.7 Å². The lowest BCUT2D eigenvalue weighted by Crippen LogP contribution is -2.40. The first-order valence-electron chi connectivity index (χ1n) is 11.4. The zero-order chi connectivity index (χ0) is 22.7. The number of ether oxygens (including phenoxy) is 1. The second-order valence-electron chi connectivity index (χ2n) is 8.47. The monoisotopic (exact) mass is 453 g/mol. The van der Waals surface area contributed by atoms with Gasteiger partial charge in [-0.2, -0.15) is 0 Å². The second kappa shape index (κ2) is 9.86. The van der Waals surface area contributed by atoms with Crippen molar-refractivity contribution >= 4 is 27.5 Å². The van der Waals surface area contributed by atoms with Crippen LogP contribution in [0, 0.1) is 0 Å². The Morgan fingerprint density at radius 3 is 2.72 bits per heavy atom. The van der Waals surface area contributed by atoms with Crippen molar-refractivity contribution in [3.8, 4) is 5.75 Å². The van der Waals surface area contributed by atoms with Crippen LogP contribution in [0.1, 0.15) is 49.1 Å². The molecule has 0 radical (unpaired) electrons. The molecule has 7 heteroatoms. The summed E-state index contributed by atoms with van der Waals surface area (Å²) in [5.74, 6) is 0.889. The van der Waals surface area contributed by atoms with Gasteiger partial charge in [-0.1, -0.05) is 12.1 Å². The molecule has 0 bridgehead atoms. The van der Waals surface area contributed by atoms with E-state index in [9.17, 15) is 9.59 Å². The van der Waals surface area contributed by atoms with Crippen molar-refractivity contribution in [2.24, 2.45) is 0 Å². The first-order valence-corrected chi connectivity index (χ1v) is 12.3. The predicted octanol–water partition coefficient (Wildman–Crippen LogP) is 4.22. The number of aromatic nitrogens is 2. The molecule has 0 aliphatic heterocycles. The van der Waals surface area contributed by atoms with E-state index in [0.29, 0.717) is 19.5 Å². The van der Waals surface area contributed by atoms with Gasteiger partial charge in [0.15, 0.2) is 0 Å². The smallest absolute Gasteiger partial charge is 0.262 e. The molecule has 4 rings (SSSR count). The van der Waals surface area contributed by atoms with E-state index in [-0.39, 0.29) is 17.5 Å². The van der Waals surface area contributed by atoms with Crippen LogP contribution in [0.5, 0.6) is 5.75 Å². The minimum Gasteiger partial charge on any atom is -0.497 e. The Hall–Kier alpha value is -2.67. The molecule has 1 aliphatic rings. The number of likely N-dealkylation sites (N-methyl/N-ethyl adjacent to an activating group) is 1. The van der Waals surface area contributed by atoms with E-state index >= 15 is 0 Å². The highest BCUT2D eigenvalue weighted by atomic mass is 32.1. The van der Waals surface area contributed by atoms with E-state index in [1.54, 1.807) is 29.3 Å². The summed E-state index contributed by atoms with van der Waals surface area (Å²) in [6, 6.07) is 8.03. The maximum atomic E-state index is 13.1. The fourth-order valence-corrected chi connectivity index (χ4v) is 5.87. The molecule has 3 aromatic rings. The highest BCUT2D eigenvalue weighted by molar-refractivity contribution is 7.18. The molecule has 6 nitrogen and oxygen atoms in total. The summed E-state index contributed by atoms with van der Waals surface area (Å²) < 4.78 is 6.83. The molecule has 1 amide bonds. The Bertz CT molecular complexity index is 1150. The summed E-state index contributed by atoms with van der Waals surface area (Å²) in [5, 5.41) is 0.778. The van der Waals surface area contributed by atoms with E-state index in [2.05, 4.69) is 11.9 Å². The first kappa shape index (κ1) is 22.5. The molecule has 170 valence electrons. The standard InChI is InChI=1S/C25H31N3O3S/c1-4-28(17(2)15-18-9-11-19(31-3)12-10-18)22(29)13-14-27-16-26-24-23(25(27)30)20-7-5-6-8-21(20)32-24/h9-12,16-17H,4-8,13-15H2,1-3H3. The maximum Gasteiger partial charge on any atom is 0.262 e. The average Bonchev–Trinajstić information content (AvgIpc) is 3.19. The Kier molecular flexibility index (Phi) is 6.94. The van der Waals surface area contributed by atoms with Crippen molar-refractivity contribution in [3.63, 3.8) is 0 Å². The van der Waals surface area contributed by atoms with Crippen molar-refractivity contribution in [2.45, 2.75) is 65.0 Å². The highest BCUT2D eigenvalue weighted by Crippen LogP contribution is 2.33. The van der Waals surface area contributed by atoms with E-state index in [0.717, 1.165) is 47.2 Å². The molecule has 0 saturated carbocycles. The van der Waals surface area contributed by atoms with Crippen LogP contribution < -0.4 is 10.3 Å². The van der Waals surface area contributed by atoms with Gasteiger partial charge in [0.05, 0.1) is 18.8 Å². The van der Waals surface area contributed by atoms with E-state index in [1.807, 2.05) is 36.1 Å². The molecule has 0 saturated heterocycles. The Labute approximate surface area is 192 Å². The molecule has 0 N–H and O–H groups in total. The zero-order valence-corrected chi connectivity index (χ0v) is 19.9. The normalized spacial score (nSPS) is 14.2. The minimum atomic E-state index is -0.00321. The number of amides is 1. The summed E-state index contributed by atoms with van der Waals surface area (Å²) in [5.41, 5.74) is 2.35. The lowest BCUT2D eigenvalue weighted by atomic mass is 9.97. The van der Waals surface area contributed by atoms with Crippen molar-refractivity contribution in [1.29, 1.82) is 0 Å². The van der Waals surface area contributed by atoms with Gasteiger partial charge in [-0.3, -0.25) is 14.2 Å².